The molecule has 0 unspecified atom stereocenters. The molecule has 16 heavy (non-hydrogen) atoms. The smallest absolute Gasteiger partial charge is 0.244 e. The summed E-state index contributed by atoms with van der Waals surface area (Å²) in [5.41, 5.74) is 0.836. The first-order valence-corrected chi connectivity index (χ1v) is 5.79. The SMILES string of the molecule is FC(F)C1CN(c2nc3cnccc3s2)C1. The maximum absolute atomic E-state index is 12.3. The minimum Gasteiger partial charge on any atom is -0.347 e. The summed E-state index contributed by atoms with van der Waals surface area (Å²) in [5, 5.41) is 0.819. The van der Waals surface area contributed by atoms with E-state index in [0.29, 0.717) is 13.1 Å². The lowest BCUT2D eigenvalue weighted by atomic mass is 10.0. The van der Waals surface area contributed by atoms with Gasteiger partial charge in [-0.1, -0.05) is 11.3 Å². The predicted molar refractivity (Wildman–Crippen MR) is 59.1 cm³/mol. The van der Waals surface area contributed by atoms with E-state index in [0.717, 1.165) is 15.3 Å². The zero-order valence-electron chi connectivity index (χ0n) is 8.31. The summed E-state index contributed by atoms with van der Waals surface area (Å²) in [5.74, 6) is -0.495. The van der Waals surface area contributed by atoms with E-state index in [1.165, 1.54) is 11.3 Å². The van der Waals surface area contributed by atoms with Crippen molar-refractivity contribution in [1.29, 1.82) is 0 Å². The van der Waals surface area contributed by atoms with Crippen LogP contribution in [0.25, 0.3) is 10.2 Å². The van der Waals surface area contributed by atoms with Gasteiger partial charge in [0.05, 0.1) is 16.8 Å². The Labute approximate surface area is 94.7 Å². The molecule has 3 rings (SSSR count). The molecule has 0 aromatic carbocycles. The van der Waals surface area contributed by atoms with Crippen molar-refractivity contribution in [1.82, 2.24) is 9.97 Å². The van der Waals surface area contributed by atoms with Crippen molar-refractivity contribution in [2.75, 3.05) is 18.0 Å². The number of aromatic nitrogens is 2. The number of rotatable bonds is 2. The monoisotopic (exact) mass is 241 g/mol. The van der Waals surface area contributed by atoms with Crippen LogP contribution in [0.5, 0.6) is 0 Å². The van der Waals surface area contributed by atoms with Gasteiger partial charge in [-0.25, -0.2) is 13.8 Å². The van der Waals surface area contributed by atoms with Gasteiger partial charge in [-0.15, -0.1) is 0 Å². The van der Waals surface area contributed by atoms with Gasteiger partial charge in [-0.3, -0.25) is 4.98 Å². The predicted octanol–water partition coefficient (Wildman–Crippen LogP) is 2.39. The Balaban J connectivity index is 1.81. The van der Waals surface area contributed by atoms with Crippen LogP contribution in [0.4, 0.5) is 13.9 Å². The highest BCUT2D eigenvalue weighted by atomic mass is 32.1. The van der Waals surface area contributed by atoms with E-state index >= 15 is 0 Å². The van der Waals surface area contributed by atoms with Crippen molar-refractivity contribution in [3.05, 3.63) is 18.5 Å². The summed E-state index contributed by atoms with van der Waals surface area (Å²) < 4.78 is 25.7. The fourth-order valence-electron chi connectivity index (χ4n) is 1.73. The Morgan fingerprint density at radius 2 is 2.25 bits per heavy atom. The van der Waals surface area contributed by atoms with Gasteiger partial charge in [-0.05, 0) is 6.07 Å². The summed E-state index contributed by atoms with van der Waals surface area (Å²) >= 11 is 1.52. The number of anilines is 1. The van der Waals surface area contributed by atoms with E-state index in [1.807, 2.05) is 11.0 Å². The topological polar surface area (TPSA) is 29.0 Å². The second-order valence-corrected chi connectivity index (χ2v) is 4.85. The Hall–Kier alpha value is -1.30. The van der Waals surface area contributed by atoms with E-state index in [9.17, 15) is 8.78 Å². The number of fused-ring (bicyclic) bond motifs is 1. The van der Waals surface area contributed by atoms with Crippen molar-refractivity contribution in [2.24, 2.45) is 5.92 Å². The molecular weight excluding hydrogens is 232 g/mol. The van der Waals surface area contributed by atoms with Gasteiger partial charge in [0, 0.05) is 19.3 Å². The third-order valence-corrected chi connectivity index (χ3v) is 3.81. The molecule has 1 aliphatic heterocycles. The summed E-state index contributed by atoms with van der Waals surface area (Å²) in [4.78, 5) is 10.2. The molecule has 0 spiro atoms. The molecule has 0 radical (unpaired) electrons. The van der Waals surface area contributed by atoms with Crippen LogP contribution in [0.1, 0.15) is 0 Å². The Morgan fingerprint density at radius 3 is 2.94 bits per heavy atom. The Kier molecular flexibility index (Phi) is 2.24. The van der Waals surface area contributed by atoms with Gasteiger partial charge in [0.2, 0.25) is 6.43 Å². The first-order chi connectivity index (χ1) is 7.74. The molecule has 2 aromatic heterocycles. The number of nitrogens with zero attached hydrogens (tertiary/aromatic N) is 3. The molecule has 2 aromatic rings. The van der Waals surface area contributed by atoms with Crippen LogP contribution >= 0.6 is 11.3 Å². The fraction of sp³-hybridized carbons (Fsp3) is 0.400. The molecular formula is C10H9F2N3S. The highest BCUT2D eigenvalue weighted by Crippen LogP contribution is 2.33. The fourth-order valence-corrected chi connectivity index (χ4v) is 2.68. The van der Waals surface area contributed by atoms with Gasteiger partial charge in [0.1, 0.15) is 5.52 Å². The van der Waals surface area contributed by atoms with E-state index in [2.05, 4.69) is 9.97 Å². The van der Waals surface area contributed by atoms with Gasteiger partial charge >= 0.3 is 0 Å². The molecule has 0 amide bonds. The summed E-state index contributed by atoms with van der Waals surface area (Å²) in [6.07, 6.45) is 1.19. The van der Waals surface area contributed by atoms with E-state index in [1.54, 1.807) is 12.4 Å². The first kappa shape index (κ1) is 9.89. The molecule has 84 valence electrons. The van der Waals surface area contributed by atoms with Crippen LogP contribution < -0.4 is 4.90 Å². The summed E-state index contributed by atoms with van der Waals surface area (Å²) in [6.45, 7) is 0.815. The van der Waals surface area contributed by atoms with Crippen molar-refractivity contribution >= 4 is 26.7 Å². The number of halogens is 2. The van der Waals surface area contributed by atoms with Gasteiger partial charge < -0.3 is 4.90 Å². The summed E-state index contributed by atoms with van der Waals surface area (Å²) in [6, 6.07) is 1.89. The molecule has 1 saturated heterocycles. The Bertz CT molecular complexity index is 474. The highest BCUT2D eigenvalue weighted by Gasteiger charge is 2.35. The van der Waals surface area contributed by atoms with Crippen molar-refractivity contribution in [2.45, 2.75) is 6.43 Å². The Morgan fingerprint density at radius 1 is 1.44 bits per heavy atom. The minimum atomic E-state index is -2.22. The number of thiazole rings is 1. The second-order valence-electron chi connectivity index (χ2n) is 3.84. The van der Waals surface area contributed by atoms with E-state index < -0.39 is 12.3 Å². The molecule has 0 bridgehead atoms. The molecule has 0 saturated carbocycles. The lowest BCUT2D eigenvalue weighted by Crippen LogP contribution is -2.50. The highest BCUT2D eigenvalue weighted by molar-refractivity contribution is 7.22. The van der Waals surface area contributed by atoms with Crippen molar-refractivity contribution in [3.63, 3.8) is 0 Å². The van der Waals surface area contributed by atoms with Crippen molar-refractivity contribution in [3.8, 4) is 0 Å². The largest absolute Gasteiger partial charge is 0.347 e. The molecule has 6 heteroatoms. The number of pyridine rings is 1. The van der Waals surface area contributed by atoms with E-state index in [4.69, 9.17) is 0 Å². The number of hydrogen-bond acceptors (Lipinski definition) is 4. The molecule has 3 heterocycles. The van der Waals surface area contributed by atoms with Crippen LogP contribution in [0.15, 0.2) is 18.5 Å². The van der Waals surface area contributed by atoms with Gasteiger partial charge in [0.25, 0.3) is 0 Å². The molecule has 1 aliphatic rings. The van der Waals surface area contributed by atoms with Gasteiger partial charge in [-0.2, -0.15) is 0 Å². The minimum absolute atomic E-state index is 0.408. The molecule has 1 fully saturated rings. The van der Waals surface area contributed by atoms with E-state index in [-0.39, 0.29) is 0 Å². The maximum Gasteiger partial charge on any atom is 0.244 e. The standard InChI is InChI=1S/C10H9F2N3S/c11-9(12)6-4-15(5-6)10-14-7-3-13-2-1-8(7)16-10/h1-3,6,9H,4-5H2. The zero-order chi connectivity index (χ0) is 11.1. The zero-order valence-corrected chi connectivity index (χ0v) is 9.12. The second kappa shape index (κ2) is 3.62. The van der Waals surface area contributed by atoms with Crippen LogP contribution in [0.3, 0.4) is 0 Å². The first-order valence-electron chi connectivity index (χ1n) is 4.97. The average molecular weight is 241 g/mol. The summed E-state index contributed by atoms with van der Waals surface area (Å²) in [7, 11) is 0. The lowest BCUT2D eigenvalue weighted by Gasteiger charge is -2.38. The molecule has 0 aliphatic carbocycles. The van der Waals surface area contributed by atoms with Crippen LogP contribution in [0, 0.1) is 5.92 Å². The number of alkyl halides is 2. The lowest BCUT2D eigenvalue weighted by molar-refractivity contribution is 0.0614. The normalized spacial score (nSPS) is 17.1. The van der Waals surface area contributed by atoms with Crippen LogP contribution in [-0.4, -0.2) is 29.5 Å². The number of hydrogen-bond donors (Lipinski definition) is 0. The third-order valence-electron chi connectivity index (χ3n) is 2.72. The third kappa shape index (κ3) is 1.53. The quantitative estimate of drug-likeness (QED) is 0.808. The maximum atomic E-state index is 12.3. The van der Waals surface area contributed by atoms with Crippen LogP contribution in [0.2, 0.25) is 0 Å². The van der Waals surface area contributed by atoms with Crippen LogP contribution in [-0.2, 0) is 0 Å². The molecule has 0 atom stereocenters. The molecule has 3 nitrogen and oxygen atoms in total. The van der Waals surface area contributed by atoms with Gasteiger partial charge in [0.15, 0.2) is 5.13 Å². The average Bonchev–Trinajstić information content (AvgIpc) is 2.57. The molecule has 0 N–H and O–H groups in total. The van der Waals surface area contributed by atoms with Crippen molar-refractivity contribution < 1.29 is 8.78 Å².